The van der Waals surface area contributed by atoms with Crippen molar-refractivity contribution in [2.45, 2.75) is 25.6 Å². The number of rotatable bonds is 3. The molecule has 2 rings (SSSR count). The fourth-order valence-electron chi connectivity index (χ4n) is 2.62. The number of hydrogen-bond donors (Lipinski definition) is 0. The third-order valence-corrected chi connectivity index (χ3v) is 3.52. The van der Waals surface area contributed by atoms with Gasteiger partial charge < -0.3 is 18.9 Å². The molecule has 0 radical (unpaired) electrons. The summed E-state index contributed by atoms with van der Waals surface area (Å²) in [6.07, 6.45) is 1.62. The van der Waals surface area contributed by atoms with Crippen molar-refractivity contribution in [3.63, 3.8) is 0 Å². The summed E-state index contributed by atoms with van der Waals surface area (Å²) in [6, 6.07) is 1.69. The third kappa shape index (κ3) is 3.34. The van der Waals surface area contributed by atoms with Crippen molar-refractivity contribution in [1.29, 1.82) is 0 Å². The molecule has 1 amide bonds. The number of halogens is 1. The van der Waals surface area contributed by atoms with E-state index in [1.807, 2.05) is 20.9 Å². The second kappa shape index (κ2) is 5.76. The number of nitrogens with zero attached hydrogens (tertiary/aromatic N) is 2. The minimum absolute atomic E-state index is 0.0307. The lowest BCUT2D eigenvalue weighted by Crippen LogP contribution is -2.55. The Morgan fingerprint density at radius 3 is 2.85 bits per heavy atom. The summed E-state index contributed by atoms with van der Waals surface area (Å²) >= 11 is 5.95. The minimum Gasteiger partial charge on any atom is -0.382 e. The summed E-state index contributed by atoms with van der Waals surface area (Å²) in [5.74, 6) is -0.0307. The molecule has 20 heavy (non-hydrogen) atoms. The van der Waals surface area contributed by atoms with Crippen LogP contribution in [0.5, 0.6) is 0 Å². The van der Waals surface area contributed by atoms with E-state index in [1.54, 1.807) is 28.8 Å². The molecule has 0 bridgehead atoms. The number of carbonyl (C=O) groups excluding carboxylic acids is 1. The third-order valence-electron chi connectivity index (χ3n) is 3.31. The Labute approximate surface area is 124 Å². The van der Waals surface area contributed by atoms with Crippen LogP contribution in [0.2, 0.25) is 5.02 Å². The van der Waals surface area contributed by atoms with E-state index in [2.05, 4.69) is 0 Å². The number of ether oxygens (including phenoxy) is 2. The van der Waals surface area contributed by atoms with Crippen LogP contribution in [-0.2, 0) is 16.5 Å². The first-order valence-corrected chi connectivity index (χ1v) is 6.98. The quantitative estimate of drug-likeness (QED) is 0.857. The van der Waals surface area contributed by atoms with Gasteiger partial charge in [-0.3, -0.25) is 4.79 Å². The highest BCUT2D eigenvalue weighted by Gasteiger charge is 2.36. The van der Waals surface area contributed by atoms with Gasteiger partial charge in [0.15, 0.2) is 0 Å². The lowest BCUT2D eigenvalue weighted by atomic mass is 10.0. The number of aryl methyl sites for hydroxylation is 1. The fourth-order valence-corrected chi connectivity index (χ4v) is 2.87. The summed E-state index contributed by atoms with van der Waals surface area (Å²) in [5, 5.41) is 0.566. The van der Waals surface area contributed by atoms with Gasteiger partial charge in [0.1, 0.15) is 5.69 Å². The van der Waals surface area contributed by atoms with Gasteiger partial charge in [0.05, 0.1) is 23.3 Å². The smallest absolute Gasteiger partial charge is 0.270 e. The monoisotopic (exact) mass is 300 g/mol. The molecule has 0 N–H and O–H groups in total. The highest BCUT2D eigenvalue weighted by Crippen LogP contribution is 2.23. The van der Waals surface area contributed by atoms with Crippen LogP contribution >= 0.6 is 11.6 Å². The molecule has 0 aromatic carbocycles. The van der Waals surface area contributed by atoms with E-state index in [0.717, 1.165) is 0 Å². The Morgan fingerprint density at radius 2 is 2.30 bits per heavy atom. The molecule has 1 aliphatic heterocycles. The molecule has 2 heterocycles. The Bertz CT molecular complexity index is 499. The van der Waals surface area contributed by atoms with Gasteiger partial charge in [-0.2, -0.15) is 0 Å². The largest absolute Gasteiger partial charge is 0.382 e. The predicted molar refractivity (Wildman–Crippen MR) is 77.2 cm³/mol. The summed E-state index contributed by atoms with van der Waals surface area (Å²) in [5.41, 5.74) is 0.204. The molecule has 6 heteroatoms. The molecule has 0 unspecified atom stereocenters. The molecular formula is C14H21ClN2O3. The zero-order valence-corrected chi connectivity index (χ0v) is 13.1. The predicted octanol–water partition coefficient (Wildman–Crippen LogP) is 1.94. The average Bonchev–Trinajstić information content (AvgIpc) is 2.66. The number of hydrogen-bond acceptors (Lipinski definition) is 3. The van der Waals surface area contributed by atoms with Crippen LogP contribution < -0.4 is 0 Å². The number of aromatic nitrogens is 1. The van der Waals surface area contributed by atoms with E-state index in [0.29, 0.717) is 30.4 Å². The summed E-state index contributed by atoms with van der Waals surface area (Å²) < 4.78 is 12.8. The number of amides is 1. The zero-order chi connectivity index (χ0) is 14.9. The van der Waals surface area contributed by atoms with Gasteiger partial charge in [0.25, 0.3) is 5.91 Å². The van der Waals surface area contributed by atoms with Gasteiger partial charge in [-0.15, -0.1) is 0 Å². The van der Waals surface area contributed by atoms with Crippen LogP contribution in [-0.4, -0.2) is 53.9 Å². The SMILES string of the molecule is COC[C@@H]1CN(C(=O)c2cc(Cl)cn2C)CC(C)(C)O1. The number of carbonyl (C=O) groups is 1. The molecule has 0 saturated carbocycles. The van der Waals surface area contributed by atoms with Crippen LogP contribution in [0.25, 0.3) is 0 Å². The minimum atomic E-state index is -0.383. The Hall–Kier alpha value is -1.04. The van der Waals surface area contributed by atoms with Crippen LogP contribution in [0.4, 0.5) is 0 Å². The molecule has 1 atom stereocenters. The second-order valence-electron chi connectivity index (χ2n) is 5.80. The second-order valence-corrected chi connectivity index (χ2v) is 6.23. The van der Waals surface area contributed by atoms with Crippen LogP contribution in [0.3, 0.4) is 0 Å². The van der Waals surface area contributed by atoms with Gasteiger partial charge in [-0.05, 0) is 19.9 Å². The van der Waals surface area contributed by atoms with Gasteiger partial charge in [0, 0.05) is 33.4 Å². The molecule has 1 aromatic rings. The number of morpholine rings is 1. The topological polar surface area (TPSA) is 43.7 Å². The Kier molecular flexibility index (Phi) is 4.42. The van der Waals surface area contributed by atoms with Crippen molar-refractivity contribution in [2.75, 3.05) is 26.8 Å². The van der Waals surface area contributed by atoms with E-state index in [9.17, 15) is 4.79 Å². The Morgan fingerprint density at radius 1 is 1.60 bits per heavy atom. The van der Waals surface area contributed by atoms with Crippen molar-refractivity contribution < 1.29 is 14.3 Å². The van der Waals surface area contributed by atoms with Crippen LogP contribution in [0.15, 0.2) is 12.3 Å². The maximum atomic E-state index is 12.6. The van der Waals surface area contributed by atoms with Gasteiger partial charge in [-0.25, -0.2) is 0 Å². The van der Waals surface area contributed by atoms with Crippen molar-refractivity contribution in [3.8, 4) is 0 Å². The van der Waals surface area contributed by atoms with Crippen molar-refractivity contribution in [2.24, 2.45) is 7.05 Å². The van der Waals surface area contributed by atoms with Gasteiger partial charge in [0.2, 0.25) is 0 Å². The molecule has 1 aromatic heterocycles. The summed E-state index contributed by atoms with van der Waals surface area (Å²) in [6.45, 7) is 5.51. The molecule has 112 valence electrons. The molecule has 1 aliphatic rings. The van der Waals surface area contributed by atoms with Crippen LogP contribution in [0.1, 0.15) is 24.3 Å². The van der Waals surface area contributed by atoms with Crippen molar-refractivity contribution >= 4 is 17.5 Å². The summed E-state index contributed by atoms with van der Waals surface area (Å²) in [7, 11) is 3.45. The molecule has 5 nitrogen and oxygen atoms in total. The lowest BCUT2D eigenvalue weighted by molar-refractivity contribution is -0.143. The van der Waals surface area contributed by atoms with E-state index in [4.69, 9.17) is 21.1 Å². The van der Waals surface area contributed by atoms with Gasteiger partial charge >= 0.3 is 0 Å². The molecule has 1 fully saturated rings. The van der Waals surface area contributed by atoms with E-state index < -0.39 is 0 Å². The first-order chi connectivity index (χ1) is 9.32. The van der Waals surface area contributed by atoms with Crippen molar-refractivity contribution in [3.05, 3.63) is 23.0 Å². The zero-order valence-electron chi connectivity index (χ0n) is 12.4. The van der Waals surface area contributed by atoms with Gasteiger partial charge in [-0.1, -0.05) is 11.6 Å². The average molecular weight is 301 g/mol. The first kappa shape index (κ1) is 15.4. The van der Waals surface area contributed by atoms with E-state index in [1.165, 1.54) is 0 Å². The van der Waals surface area contributed by atoms with Crippen LogP contribution in [0, 0.1) is 0 Å². The fraction of sp³-hybridized carbons (Fsp3) is 0.643. The Balaban J connectivity index is 2.18. The molecular weight excluding hydrogens is 280 g/mol. The number of methoxy groups -OCH3 is 1. The van der Waals surface area contributed by atoms with E-state index >= 15 is 0 Å². The molecule has 0 spiro atoms. The highest BCUT2D eigenvalue weighted by molar-refractivity contribution is 6.31. The van der Waals surface area contributed by atoms with Crippen molar-refractivity contribution in [1.82, 2.24) is 9.47 Å². The highest BCUT2D eigenvalue weighted by atomic mass is 35.5. The maximum absolute atomic E-state index is 12.6. The van der Waals surface area contributed by atoms with E-state index in [-0.39, 0.29) is 17.6 Å². The normalized spacial score (nSPS) is 22.1. The lowest BCUT2D eigenvalue weighted by Gasteiger charge is -2.42. The summed E-state index contributed by atoms with van der Waals surface area (Å²) in [4.78, 5) is 14.4. The first-order valence-electron chi connectivity index (χ1n) is 6.60. The molecule has 0 aliphatic carbocycles. The molecule has 1 saturated heterocycles. The maximum Gasteiger partial charge on any atom is 0.270 e. The standard InChI is InChI=1S/C14H21ClN2O3/c1-14(2)9-17(7-11(20-14)8-19-4)13(18)12-5-10(15)6-16(12)3/h5-6,11H,7-9H2,1-4H3/t11-/m0/s1.